The van der Waals surface area contributed by atoms with E-state index in [9.17, 15) is 22.3 Å². The van der Waals surface area contributed by atoms with Crippen molar-refractivity contribution in [3.8, 4) is 11.5 Å². The number of methoxy groups -OCH3 is 1. The number of ether oxygens (including phenoxy) is 2. The number of hydrogen-bond donors (Lipinski definition) is 1. The third-order valence-corrected chi connectivity index (χ3v) is 6.14. The van der Waals surface area contributed by atoms with Crippen LogP contribution in [-0.4, -0.2) is 66.0 Å². The van der Waals surface area contributed by atoms with Gasteiger partial charge in [-0.1, -0.05) is 17.7 Å². The van der Waals surface area contributed by atoms with Crippen molar-refractivity contribution in [3.63, 3.8) is 0 Å². The zero-order valence-electron chi connectivity index (χ0n) is 19.0. The van der Waals surface area contributed by atoms with Crippen LogP contribution >= 0.6 is 11.6 Å². The Bertz CT molecular complexity index is 1040. The maximum absolute atomic E-state index is 13.1. The predicted molar refractivity (Wildman–Crippen MR) is 127 cm³/mol. The number of sulfone groups is 1. The standard InChI is InChI=1S/C22H29ClF2N2O5S/c1-5-32-21-10-15(6-9-20(21)31-3)19(13-33(4,29)30)26(2)17-8-7-16(23)11-18(17)27(14-28)12-22(24)25/h6-11,19,22,28H,5,12-14H2,1-4H3/t19-/m0/s1. The molecular weight excluding hydrogens is 478 g/mol. The number of rotatable bonds is 12. The van der Waals surface area contributed by atoms with Crippen molar-refractivity contribution >= 4 is 32.8 Å². The lowest BCUT2D eigenvalue weighted by molar-refractivity contribution is 0.145. The number of anilines is 2. The van der Waals surface area contributed by atoms with Crippen LogP contribution in [0.25, 0.3) is 0 Å². The van der Waals surface area contributed by atoms with Crippen molar-refractivity contribution in [2.75, 3.05) is 55.8 Å². The first-order valence-corrected chi connectivity index (χ1v) is 12.6. The summed E-state index contributed by atoms with van der Waals surface area (Å²) < 4.78 is 61.8. The second-order valence-electron chi connectivity index (χ2n) is 7.45. The molecular formula is C22H29ClF2N2O5S. The van der Waals surface area contributed by atoms with Gasteiger partial charge in [-0.05, 0) is 42.8 Å². The molecule has 0 saturated carbocycles. The molecule has 0 unspecified atom stereocenters. The lowest BCUT2D eigenvalue weighted by Gasteiger charge is -2.34. The first-order valence-electron chi connectivity index (χ1n) is 10.2. The van der Waals surface area contributed by atoms with Crippen molar-refractivity contribution in [1.29, 1.82) is 0 Å². The van der Waals surface area contributed by atoms with E-state index in [1.807, 2.05) is 6.92 Å². The fourth-order valence-corrected chi connectivity index (χ4v) is 4.66. The Morgan fingerprint density at radius 2 is 1.82 bits per heavy atom. The van der Waals surface area contributed by atoms with Gasteiger partial charge in [0.1, 0.15) is 16.6 Å². The summed E-state index contributed by atoms with van der Waals surface area (Å²) in [7, 11) is -0.292. The van der Waals surface area contributed by atoms with Gasteiger partial charge in [-0.3, -0.25) is 0 Å². The first-order chi connectivity index (χ1) is 15.5. The fraction of sp³-hybridized carbons (Fsp3) is 0.455. The van der Waals surface area contributed by atoms with Gasteiger partial charge in [0.25, 0.3) is 6.43 Å². The Morgan fingerprint density at radius 1 is 1.12 bits per heavy atom. The average Bonchev–Trinajstić information content (AvgIpc) is 2.74. The zero-order chi connectivity index (χ0) is 24.8. The smallest absolute Gasteiger partial charge is 0.255 e. The minimum absolute atomic E-state index is 0.253. The van der Waals surface area contributed by atoms with Crippen LogP contribution in [0.4, 0.5) is 20.2 Å². The SMILES string of the molecule is CCOc1cc([C@H](CS(C)(=O)=O)N(C)c2ccc(Cl)cc2N(CO)CC(F)F)ccc1OC. The Balaban J connectivity index is 2.62. The summed E-state index contributed by atoms with van der Waals surface area (Å²) in [5, 5.41) is 10.0. The van der Waals surface area contributed by atoms with E-state index in [0.29, 0.717) is 29.4 Å². The van der Waals surface area contributed by atoms with Crippen LogP contribution in [-0.2, 0) is 9.84 Å². The molecule has 0 amide bonds. The maximum atomic E-state index is 13.1. The molecule has 0 fully saturated rings. The van der Waals surface area contributed by atoms with E-state index in [2.05, 4.69) is 0 Å². The van der Waals surface area contributed by atoms with Crippen LogP contribution in [0.3, 0.4) is 0 Å². The normalized spacial score (nSPS) is 12.5. The van der Waals surface area contributed by atoms with Crippen LogP contribution in [0.15, 0.2) is 36.4 Å². The van der Waals surface area contributed by atoms with Gasteiger partial charge in [0.15, 0.2) is 11.5 Å². The third-order valence-electron chi connectivity index (χ3n) is 4.99. The van der Waals surface area contributed by atoms with Gasteiger partial charge in [0.05, 0.1) is 43.4 Å². The largest absolute Gasteiger partial charge is 0.493 e. The second kappa shape index (κ2) is 11.7. The van der Waals surface area contributed by atoms with E-state index in [4.69, 9.17) is 21.1 Å². The highest BCUT2D eigenvalue weighted by Crippen LogP contribution is 2.39. The van der Waals surface area contributed by atoms with E-state index in [0.717, 1.165) is 11.2 Å². The second-order valence-corrected chi connectivity index (χ2v) is 10.1. The van der Waals surface area contributed by atoms with Gasteiger partial charge in [-0.2, -0.15) is 0 Å². The number of aliphatic hydroxyl groups excluding tert-OH is 1. The quantitative estimate of drug-likeness (QED) is 0.436. The third kappa shape index (κ3) is 7.35. The monoisotopic (exact) mass is 506 g/mol. The highest BCUT2D eigenvalue weighted by Gasteiger charge is 2.27. The summed E-state index contributed by atoms with van der Waals surface area (Å²) in [4.78, 5) is 2.75. The molecule has 184 valence electrons. The van der Waals surface area contributed by atoms with Crippen molar-refractivity contribution in [1.82, 2.24) is 0 Å². The van der Waals surface area contributed by atoms with Gasteiger partial charge < -0.3 is 24.4 Å². The van der Waals surface area contributed by atoms with Crippen molar-refractivity contribution in [3.05, 3.63) is 47.0 Å². The van der Waals surface area contributed by atoms with Gasteiger partial charge >= 0.3 is 0 Å². The highest BCUT2D eigenvalue weighted by atomic mass is 35.5. The minimum Gasteiger partial charge on any atom is -0.493 e. The van der Waals surface area contributed by atoms with Gasteiger partial charge in [0, 0.05) is 18.3 Å². The predicted octanol–water partition coefficient (Wildman–Crippen LogP) is 3.99. The molecule has 2 aromatic carbocycles. The molecule has 0 aromatic heterocycles. The van der Waals surface area contributed by atoms with E-state index in [-0.39, 0.29) is 16.5 Å². The summed E-state index contributed by atoms with van der Waals surface area (Å²) in [5.41, 5.74) is 1.30. The number of hydrogen-bond acceptors (Lipinski definition) is 7. The van der Waals surface area contributed by atoms with Crippen molar-refractivity contribution in [2.24, 2.45) is 0 Å². The number of benzene rings is 2. The van der Waals surface area contributed by atoms with Crippen LogP contribution in [0.2, 0.25) is 5.02 Å². The van der Waals surface area contributed by atoms with E-state index in [1.165, 1.54) is 13.2 Å². The van der Waals surface area contributed by atoms with Crippen LogP contribution in [0, 0.1) is 0 Å². The molecule has 33 heavy (non-hydrogen) atoms. The molecule has 0 aliphatic rings. The summed E-state index contributed by atoms with van der Waals surface area (Å²) in [6.07, 6.45) is -1.57. The molecule has 0 spiro atoms. The molecule has 0 aliphatic carbocycles. The average molecular weight is 507 g/mol. The first kappa shape index (κ1) is 26.9. The molecule has 0 bridgehead atoms. The zero-order valence-corrected chi connectivity index (χ0v) is 20.5. The van der Waals surface area contributed by atoms with E-state index < -0.39 is 35.6 Å². The van der Waals surface area contributed by atoms with Gasteiger partial charge in [-0.25, -0.2) is 17.2 Å². The maximum Gasteiger partial charge on any atom is 0.255 e. The molecule has 0 heterocycles. The summed E-state index contributed by atoms with van der Waals surface area (Å²) in [6, 6.07) is 9.06. The minimum atomic E-state index is -3.45. The summed E-state index contributed by atoms with van der Waals surface area (Å²) in [6.45, 7) is 0.816. The number of halogens is 3. The fourth-order valence-electron chi connectivity index (χ4n) is 3.50. The molecule has 0 radical (unpaired) electrons. The highest BCUT2D eigenvalue weighted by molar-refractivity contribution is 7.90. The Morgan fingerprint density at radius 3 is 2.36 bits per heavy atom. The molecule has 1 atom stereocenters. The van der Waals surface area contributed by atoms with Crippen molar-refractivity contribution in [2.45, 2.75) is 19.4 Å². The number of nitrogens with zero attached hydrogens (tertiary/aromatic N) is 2. The molecule has 1 N–H and O–H groups in total. The number of alkyl halides is 2. The molecule has 2 rings (SSSR count). The topological polar surface area (TPSA) is 79.3 Å². The number of aliphatic hydroxyl groups is 1. The summed E-state index contributed by atoms with van der Waals surface area (Å²) in [5.74, 6) is 0.699. The van der Waals surface area contributed by atoms with E-state index in [1.54, 1.807) is 42.3 Å². The Hall–Kier alpha value is -2.30. The molecule has 11 heteroatoms. The lowest BCUT2D eigenvalue weighted by atomic mass is 10.0. The van der Waals surface area contributed by atoms with Gasteiger partial charge in [-0.15, -0.1) is 0 Å². The van der Waals surface area contributed by atoms with Gasteiger partial charge in [0.2, 0.25) is 0 Å². The van der Waals surface area contributed by atoms with Crippen LogP contribution in [0.1, 0.15) is 18.5 Å². The molecule has 2 aromatic rings. The molecule has 0 saturated heterocycles. The van der Waals surface area contributed by atoms with Crippen molar-refractivity contribution < 1.29 is 31.8 Å². The van der Waals surface area contributed by atoms with Crippen LogP contribution in [0.5, 0.6) is 11.5 Å². The Kier molecular flexibility index (Phi) is 9.57. The Labute approximate surface area is 198 Å². The molecule has 0 aliphatic heterocycles. The van der Waals surface area contributed by atoms with Crippen LogP contribution < -0.4 is 19.3 Å². The summed E-state index contributed by atoms with van der Waals surface area (Å²) >= 11 is 6.11. The van der Waals surface area contributed by atoms with E-state index >= 15 is 0 Å². The molecule has 7 nitrogen and oxygen atoms in total. The lowest BCUT2D eigenvalue weighted by Crippen LogP contribution is -2.34.